The van der Waals surface area contributed by atoms with Crippen LogP contribution in [0.2, 0.25) is 0 Å². The number of para-hydroxylation sites is 2. The molecule has 1 amide bonds. The zero-order valence-corrected chi connectivity index (χ0v) is 18.2. The number of hydrogen-bond acceptors (Lipinski definition) is 6. The van der Waals surface area contributed by atoms with Crippen LogP contribution in [-0.2, 0) is 10.0 Å². The van der Waals surface area contributed by atoms with E-state index in [1.165, 1.54) is 6.07 Å². The summed E-state index contributed by atoms with van der Waals surface area (Å²) in [6.45, 7) is 4.62. The van der Waals surface area contributed by atoms with Gasteiger partial charge in [-0.25, -0.2) is 8.42 Å². The van der Waals surface area contributed by atoms with Crippen LogP contribution in [0.3, 0.4) is 0 Å². The van der Waals surface area contributed by atoms with E-state index in [0.29, 0.717) is 36.0 Å². The fourth-order valence-electron chi connectivity index (χ4n) is 2.68. The molecule has 3 aromatic rings. The van der Waals surface area contributed by atoms with E-state index in [-0.39, 0.29) is 9.90 Å². The smallest absolute Gasteiger partial charge is 0.271 e. The van der Waals surface area contributed by atoms with E-state index in [1.807, 2.05) is 13.8 Å². The Morgan fingerprint density at radius 1 is 0.933 bits per heavy atom. The van der Waals surface area contributed by atoms with Crippen molar-refractivity contribution in [2.45, 2.75) is 18.1 Å². The van der Waals surface area contributed by atoms with Gasteiger partial charge in [-0.05, 0) is 55.6 Å². The van der Waals surface area contributed by atoms with E-state index >= 15 is 0 Å². The van der Waals surface area contributed by atoms with Gasteiger partial charge in [-0.3, -0.25) is 9.52 Å². The summed E-state index contributed by atoms with van der Waals surface area (Å²) in [7, 11) is -3.74. The quantitative estimate of drug-likeness (QED) is 0.501. The highest BCUT2D eigenvalue weighted by Gasteiger charge is 2.18. The second kappa shape index (κ2) is 9.64. The summed E-state index contributed by atoms with van der Waals surface area (Å²) in [5.74, 6) is 0.625. The van der Waals surface area contributed by atoms with Gasteiger partial charge in [0.2, 0.25) is 0 Å². The fourth-order valence-corrected chi connectivity index (χ4v) is 4.75. The largest absolute Gasteiger partial charge is 0.490 e. The van der Waals surface area contributed by atoms with E-state index in [2.05, 4.69) is 10.0 Å². The number of amides is 1. The Morgan fingerprint density at radius 3 is 2.30 bits per heavy atom. The van der Waals surface area contributed by atoms with E-state index in [9.17, 15) is 13.2 Å². The average molecular weight is 447 g/mol. The Hall–Kier alpha value is -3.04. The number of benzene rings is 2. The molecular formula is C21H22N2O5S2. The van der Waals surface area contributed by atoms with Crippen molar-refractivity contribution in [2.75, 3.05) is 23.3 Å². The normalized spacial score (nSPS) is 11.0. The van der Waals surface area contributed by atoms with Crippen molar-refractivity contribution in [2.24, 2.45) is 0 Å². The number of carbonyl (C=O) groups excluding carboxylic acids is 1. The van der Waals surface area contributed by atoms with Gasteiger partial charge >= 0.3 is 0 Å². The highest BCUT2D eigenvalue weighted by Crippen LogP contribution is 2.30. The Labute approximate surface area is 179 Å². The molecule has 9 heteroatoms. The third-order valence-electron chi connectivity index (χ3n) is 3.99. The molecular weight excluding hydrogens is 424 g/mol. The number of ether oxygens (including phenoxy) is 2. The number of carbonyl (C=O) groups is 1. The molecule has 0 fully saturated rings. The van der Waals surface area contributed by atoms with Crippen LogP contribution in [0.5, 0.6) is 11.5 Å². The number of anilines is 2. The van der Waals surface area contributed by atoms with Gasteiger partial charge in [-0.2, -0.15) is 0 Å². The molecule has 158 valence electrons. The lowest BCUT2D eigenvalue weighted by atomic mass is 10.1. The molecule has 0 bridgehead atoms. The first kappa shape index (κ1) is 21.7. The summed E-state index contributed by atoms with van der Waals surface area (Å²) >= 11 is 1.11. The second-order valence-corrected chi connectivity index (χ2v) is 8.92. The SMILES string of the molecule is CCOc1ccc(C(=O)Nc2ccccc2NS(=O)(=O)c2cccs2)cc1OCC. The molecule has 0 saturated heterocycles. The van der Waals surface area contributed by atoms with Gasteiger partial charge in [0, 0.05) is 5.56 Å². The molecule has 0 atom stereocenters. The van der Waals surface area contributed by atoms with Crippen LogP contribution in [0.1, 0.15) is 24.2 Å². The topological polar surface area (TPSA) is 93.7 Å². The van der Waals surface area contributed by atoms with Gasteiger partial charge in [0.25, 0.3) is 15.9 Å². The third-order valence-corrected chi connectivity index (χ3v) is 6.75. The van der Waals surface area contributed by atoms with Gasteiger partial charge in [0.05, 0.1) is 24.6 Å². The van der Waals surface area contributed by atoms with Gasteiger partial charge in [-0.15, -0.1) is 11.3 Å². The molecule has 0 spiro atoms. The molecule has 7 nitrogen and oxygen atoms in total. The molecule has 0 unspecified atom stereocenters. The first-order valence-electron chi connectivity index (χ1n) is 9.31. The van der Waals surface area contributed by atoms with E-state index in [1.54, 1.807) is 53.9 Å². The van der Waals surface area contributed by atoms with Crippen molar-refractivity contribution in [1.82, 2.24) is 0 Å². The lowest BCUT2D eigenvalue weighted by molar-refractivity contribution is 0.102. The van der Waals surface area contributed by atoms with Gasteiger partial charge in [-0.1, -0.05) is 18.2 Å². The summed E-state index contributed by atoms with van der Waals surface area (Å²) < 4.78 is 38.9. The predicted octanol–water partition coefficient (Wildman–Crippen LogP) is 4.60. The van der Waals surface area contributed by atoms with Crippen LogP contribution in [0.15, 0.2) is 64.2 Å². The van der Waals surface area contributed by atoms with Crippen molar-refractivity contribution in [3.63, 3.8) is 0 Å². The Kier molecular flexibility index (Phi) is 6.96. The van der Waals surface area contributed by atoms with Crippen molar-refractivity contribution >= 4 is 38.6 Å². The number of rotatable bonds is 9. The first-order valence-corrected chi connectivity index (χ1v) is 11.7. The molecule has 0 saturated carbocycles. The average Bonchev–Trinajstić information content (AvgIpc) is 3.27. The molecule has 30 heavy (non-hydrogen) atoms. The van der Waals surface area contributed by atoms with Crippen molar-refractivity contribution in [3.8, 4) is 11.5 Å². The monoisotopic (exact) mass is 446 g/mol. The maximum Gasteiger partial charge on any atom is 0.271 e. The summed E-state index contributed by atoms with van der Waals surface area (Å²) in [6.07, 6.45) is 0. The molecule has 0 aliphatic carbocycles. The van der Waals surface area contributed by atoms with Crippen LogP contribution in [0.25, 0.3) is 0 Å². The number of sulfonamides is 1. The molecule has 2 N–H and O–H groups in total. The number of thiophene rings is 1. The predicted molar refractivity (Wildman–Crippen MR) is 118 cm³/mol. The zero-order chi connectivity index (χ0) is 21.6. The molecule has 1 heterocycles. The van der Waals surface area contributed by atoms with Gasteiger partial charge < -0.3 is 14.8 Å². The summed E-state index contributed by atoms with van der Waals surface area (Å²) in [6, 6.07) is 14.7. The van der Waals surface area contributed by atoms with Crippen LogP contribution < -0.4 is 19.5 Å². The van der Waals surface area contributed by atoms with Crippen molar-refractivity contribution in [1.29, 1.82) is 0 Å². The molecule has 2 aromatic carbocycles. The highest BCUT2D eigenvalue weighted by atomic mass is 32.2. The van der Waals surface area contributed by atoms with Crippen molar-refractivity contribution in [3.05, 3.63) is 65.5 Å². The lowest BCUT2D eigenvalue weighted by Crippen LogP contribution is -2.16. The number of hydrogen-bond donors (Lipinski definition) is 2. The van der Waals surface area contributed by atoms with E-state index in [4.69, 9.17) is 9.47 Å². The molecule has 0 aliphatic heterocycles. The Morgan fingerprint density at radius 2 is 1.63 bits per heavy atom. The van der Waals surface area contributed by atoms with Crippen LogP contribution in [0, 0.1) is 0 Å². The Balaban J connectivity index is 1.83. The molecule has 1 aromatic heterocycles. The van der Waals surface area contributed by atoms with Gasteiger partial charge in [0.15, 0.2) is 11.5 Å². The summed E-state index contributed by atoms with van der Waals surface area (Å²) in [5.41, 5.74) is 0.975. The van der Waals surface area contributed by atoms with Crippen LogP contribution in [0.4, 0.5) is 11.4 Å². The highest BCUT2D eigenvalue weighted by molar-refractivity contribution is 7.94. The van der Waals surface area contributed by atoms with E-state index < -0.39 is 15.9 Å². The lowest BCUT2D eigenvalue weighted by Gasteiger charge is -2.14. The molecule has 0 radical (unpaired) electrons. The third kappa shape index (κ3) is 5.11. The minimum absolute atomic E-state index is 0.191. The second-order valence-electron chi connectivity index (χ2n) is 6.06. The molecule has 3 rings (SSSR count). The fraction of sp³-hybridized carbons (Fsp3) is 0.190. The first-order chi connectivity index (χ1) is 14.4. The van der Waals surface area contributed by atoms with Gasteiger partial charge in [0.1, 0.15) is 4.21 Å². The minimum Gasteiger partial charge on any atom is -0.490 e. The minimum atomic E-state index is -3.74. The zero-order valence-electron chi connectivity index (χ0n) is 16.5. The summed E-state index contributed by atoms with van der Waals surface area (Å²) in [5, 5.41) is 4.44. The number of nitrogens with one attached hydrogen (secondary N) is 2. The Bertz CT molecular complexity index is 1110. The maximum absolute atomic E-state index is 12.8. The van der Waals surface area contributed by atoms with Crippen LogP contribution in [-0.4, -0.2) is 27.5 Å². The summed E-state index contributed by atoms with van der Waals surface area (Å²) in [4.78, 5) is 12.8. The standard InChI is InChI=1S/C21H22N2O5S2/c1-3-27-18-12-11-15(14-19(18)28-4-2)21(24)22-16-8-5-6-9-17(16)23-30(25,26)20-10-7-13-29-20/h5-14,23H,3-4H2,1-2H3,(H,22,24). The molecule has 0 aliphatic rings. The maximum atomic E-state index is 12.8. The van der Waals surface area contributed by atoms with Crippen LogP contribution >= 0.6 is 11.3 Å². The van der Waals surface area contributed by atoms with Crippen molar-refractivity contribution < 1.29 is 22.7 Å². The van der Waals surface area contributed by atoms with E-state index in [0.717, 1.165) is 11.3 Å².